The Kier molecular flexibility index (Phi) is 4.25. The van der Waals surface area contributed by atoms with Gasteiger partial charge in [-0.3, -0.25) is 4.79 Å². The van der Waals surface area contributed by atoms with Crippen molar-refractivity contribution in [1.29, 1.82) is 0 Å². The van der Waals surface area contributed by atoms with Crippen LogP contribution in [0, 0.1) is 0 Å². The molecule has 0 saturated carbocycles. The van der Waals surface area contributed by atoms with Gasteiger partial charge < -0.3 is 9.64 Å². The maximum Gasteiger partial charge on any atom is 0.228 e. The second kappa shape index (κ2) is 6.31. The van der Waals surface area contributed by atoms with Crippen LogP contribution in [0.1, 0.15) is 29.3 Å². The Morgan fingerprint density at radius 1 is 1.33 bits per heavy atom. The average Bonchev–Trinajstić information content (AvgIpc) is 3.18. The van der Waals surface area contributed by atoms with E-state index in [2.05, 4.69) is 6.07 Å². The minimum Gasteiger partial charge on any atom is -0.496 e. The lowest BCUT2D eigenvalue weighted by Gasteiger charge is -2.26. The van der Waals surface area contributed by atoms with E-state index in [-0.39, 0.29) is 11.9 Å². The van der Waals surface area contributed by atoms with E-state index in [4.69, 9.17) is 4.74 Å². The van der Waals surface area contributed by atoms with E-state index >= 15 is 0 Å². The number of para-hydroxylation sites is 1. The standard InChI is InChI=1S/C17H19NO2S/c1-20-16-9-3-2-7-14(16)15-8-4-10-18(15)17(19)12-13-6-5-11-21-13/h2-3,5-7,9,11,15H,4,8,10,12H2,1H3/t15-/m0/s1. The molecule has 0 bridgehead atoms. The molecule has 0 unspecified atom stereocenters. The normalized spacial score (nSPS) is 18.0. The molecule has 0 radical (unpaired) electrons. The van der Waals surface area contributed by atoms with Crippen LogP contribution in [0.3, 0.4) is 0 Å². The Labute approximate surface area is 129 Å². The molecule has 1 aromatic heterocycles. The first-order valence-electron chi connectivity index (χ1n) is 7.24. The van der Waals surface area contributed by atoms with Crippen molar-refractivity contribution in [2.24, 2.45) is 0 Å². The fourth-order valence-electron chi connectivity index (χ4n) is 2.99. The SMILES string of the molecule is COc1ccccc1[C@@H]1CCCN1C(=O)Cc1cccs1. The number of ether oxygens (including phenoxy) is 1. The summed E-state index contributed by atoms with van der Waals surface area (Å²) in [5.74, 6) is 1.09. The van der Waals surface area contributed by atoms with Crippen LogP contribution >= 0.6 is 11.3 Å². The van der Waals surface area contributed by atoms with Gasteiger partial charge in [-0.2, -0.15) is 0 Å². The number of likely N-dealkylation sites (tertiary alicyclic amines) is 1. The van der Waals surface area contributed by atoms with E-state index in [1.54, 1.807) is 18.4 Å². The summed E-state index contributed by atoms with van der Waals surface area (Å²) >= 11 is 1.64. The zero-order valence-electron chi connectivity index (χ0n) is 12.1. The lowest BCUT2D eigenvalue weighted by atomic mass is 10.0. The fourth-order valence-corrected chi connectivity index (χ4v) is 3.69. The molecule has 1 aromatic carbocycles. The van der Waals surface area contributed by atoms with Crippen molar-refractivity contribution < 1.29 is 9.53 Å². The molecule has 0 N–H and O–H groups in total. The van der Waals surface area contributed by atoms with Crippen LogP contribution in [0.4, 0.5) is 0 Å². The molecule has 3 nitrogen and oxygen atoms in total. The second-order valence-corrected chi connectivity index (χ2v) is 6.28. The van der Waals surface area contributed by atoms with E-state index in [9.17, 15) is 4.79 Å². The molecule has 1 saturated heterocycles. The molecule has 0 spiro atoms. The van der Waals surface area contributed by atoms with Gasteiger partial charge in [-0.05, 0) is 30.4 Å². The van der Waals surface area contributed by atoms with Gasteiger partial charge in [-0.15, -0.1) is 11.3 Å². The van der Waals surface area contributed by atoms with Crippen molar-refractivity contribution >= 4 is 17.2 Å². The number of carbonyl (C=O) groups excluding carboxylic acids is 1. The number of amides is 1. The molecule has 4 heteroatoms. The van der Waals surface area contributed by atoms with Gasteiger partial charge in [0, 0.05) is 17.0 Å². The summed E-state index contributed by atoms with van der Waals surface area (Å²) in [5, 5.41) is 2.02. The van der Waals surface area contributed by atoms with Gasteiger partial charge in [0.25, 0.3) is 0 Å². The van der Waals surface area contributed by atoms with Crippen molar-refractivity contribution in [3.05, 3.63) is 52.2 Å². The minimum absolute atomic E-state index is 0.147. The van der Waals surface area contributed by atoms with Gasteiger partial charge in [0.2, 0.25) is 5.91 Å². The van der Waals surface area contributed by atoms with Gasteiger partial charge in [0.15, 0.2) is 0 Å². The molecule has 1 aliphatic heterocycles. The van der Waals surface area contributed by atoms with Gasteiger partial charge in [0.1, 0.15) is 5.75 Å². The zero-order valence-corrected chi connectivity index (χ0v) is 12.9. The highest BCUT2D eigenvalue weighted by molar-refractivity contribution is 7.10. The highest BCUT2D eigenvalue weighted by atomic mass is 32.1. The Morgan fingerprint density at radius 2 is 2.19 bits per heavy atom. The van der Waals surface area contributed by atoms with Crippen LogP contribution < -0.4 is 4.74 Å². The lowest BCUT2D eigenvalue weighted by molar-refractivity contribution is -0.131. The molecule has 21 heavy (non-hydrogen) atoms. The largest absolute Gasteiger partial charge is 0.496 e. The Balaban J connectivity index is 1.80. The Morgan fingerprint density at radius 3 is 2.95 bits per heavy atom. The number of carbonyl (C=O) groups is 1. The third-order valence-corrected chi connectivity index (χ3v) is 4.85. The second-order valence-electron chi connectivity index (χ2n) is 5.24. The zero-order chi connectivity index (χ0) is 14.7. The number of methoxy groups -OCH3 is 1. The van der Waals surface area contributed by atoms with Crippen LogP contribution in [-0.2, 0) is 11.2 Å². The third kappa shape index (κ3) is 2.95. The van der Waals surface area contributed by atoms with Crippen LogP contribution in [0.5, 0.6) is 5.75 Å². The molecule has 110 valence electrons. The van der Waals surface area contributed by atoms with Crippen molar-refractivity contribution in [3.8, 4) is 5.75 Å². The van der Waals surface area contributed by atoms with Crippen LogP contribution in [0.15, 0.2) is 41.8 Å². The summed E-state index contributed by atoms with van der Waals surface area (Å²) in [6, 6.07) is 12.2. The summed E-state index contributed by atoms with van der Waals surface area (Å²) in [6.07, 6.45) is 2.57. The average molecular weight is 301 g/mol. The summed E-state index contributed by atoms with van der Waals surface area (Å²) in [7, 11) is 1.69. The molecular formula is C17H19NO2S. The fraction of sp³-hybridized carbons (Fsp3) is 0.353. The predicted molar refractivity (Wildman–Crippen MR) is 84.7 cm³/mol. The molecule has 1 aliphatic rings. The van der Waals surface area contributed by atoms with Gasteiger partial charge >= 0.3 is 0 Å². The van der Waals surface area contributed by atoms with E-state index in [0.717, 1.165) is 35.6 Å². The number of hydrogen-bond donors (Lipinski definition) is 0. The summed E-state index contributed by atoms with van der Waals surface area (Å²) in [5.41, 5.74) is 1.12. The monoisotopic (exact) mass is 301 g/mol. The molecule has 2 aromatic rings. The number of nitrogens with zero attached hydrogens (tertiary/aromatic N) is 1. The smallest absolute Gasteiger partial charge is 0.228 e. The summed E-state index contributed by atoms with van der Waals surface area (Å²) < 4.78 is 5.46. The summed E-state index contributed by atoms with van der Waals surface area (Å²) in [6.45, 7) is 0.840. The van der Waals surface area contributed by atoms with E-state index in [1.165, 1.54) is 0 Å². The Hall–Kier alpha value is -1.81. The number of rotatable bonds is 4. The maximum absolute atomic E-state index is 12.6. The lowest BCUT2D eigenvalue weighted by Crippen LogP contribution is -2.31. The number of thiophene rings is 1. The topological polar surface area (TPSA) is 29.5 Å². The van der Waals surface area contributed by atoms with Gasteiger partial charge in [0.05, 0.1) is 19.6 Å². The molecule has 1 atom stereocenters. The number of hydrogen-bond acceptors (Lipinski definition) is 3. The van der Waals surface area contributed by atoms with Crippen molar-refractivity contribution in [2.45, 2.75) is 25.3 Å². The summed E-state index contributed by atoms with van der Waals surface area (Å²) in [4.78, 5) is 15.7. The first-order chi connectivity index (χ1) is 10.3. The van der Waals surface area contributed by atoms with Crippen LogP contribution in [-0.4, -0.2) is 24.5 Å². The first-order valence-corrected chi connectivity index (χ1v) is 8.12. The molecule has 1 amide bonds. The van der Waals surface area contributed by atoms with E-state index in [1.807, 2.05) is 40.6 Å². The van der Waals surface area contributed by atoms with E-state index < -0.39 is 0 Å². The highest BCUT2D eigenvalue weighted by Gasteiger charge is 2.31. The predicted octanol–water partition coefficient (Wildman–Crippen LogP) is 3.66. The third-order valence-electron chi connectivity index (χ3n) is 3.98. The maximum atomic E-state index is 12.6. The van der Waals surface area contributed by atoms with Crippen LogP contribution in [0.25, 0.3) is 0 Å². The molecule has 2 heterocycles. The number of benzene rings is 1. The molecule has 3 rings (SSSR count). The van der Waals surface area contributed by atoms with E-state index in [0.29, 0.717) is 6.42 Å². The van der Waals surface area contributed by atoms with Crippen molar-refractivity contribution in [2.75, 3.05) is 13.7 Å². The van der Waals surface area contributed by atoms with Crippen LogP contribution in [0.2, 0.25) is 0 Å². The molecule has 1 fully saturated rings. The molecule has 0 aliphatic carbocycles. The Bertz CT molecular complexity index is 609. The van der Waals surface area contributed by atoms with Gasteiger partial charge in [-0.25, -0.2) is 0 Å². The van der Waals surface area contributed by atoms with Crippen molar-refractivity contribution in [1.82, 2.24) is 4.90 Å². The highest BCUT2D eigenvalue weighted by Crippen LogP contribution is 2.37. The molecular weight excluding hydrogens is 282 g/mol. The van der Waals surface area contributed by atoms with Gasteiger partial charge in [-0.1, -0.05) is 24.3 Å². The van der Waals surface area contributed by atoms with Crippen molar-refractivity contribution in [3.63, 3.8) is 0 Å². The quantitative estimate of drug-likeness (QED) is 0.862. The first kappa shape index (κ1) is 14.1. The minimum atomic E-state index is 0.147.